The van der Waals surface area contributed by atoms with Crippen LogP contribution in [0.1, 0.15) is 12.5 Å². The quantitative estimate of drug-likeness (QED) is 0.929. The topological polar surface area (TPSA) is 74.3 Å². The Kier molecular flexibility index (Phi) is 3.64. The molecule has 1 aromatic carbocycles. The number of rotatable bonds is 4. The van der Waals surface area contributed by atoms with E-state index >= 15 is 0 Å². The van der Waals surface area contributed by atoms with Gasteiger partial charge < -0.3 is 4.74 Å². The third kappa shape index (κ3) is 2.97. The lowest BCUT2D eigenvalue weighted by Gasteiger charge is -2.08. The van der Waals surface area contributed by atoms with E-state index in [9.17, 15) is 8.42 Å². The Balaban J connectivity index is 2.47. The standard InChI is InChI=1S/C13H16N2O3S/c1-3-18-12-6-4-11(5-7-12)13-8-10(2)9-15(13)19(14,16)17/h4-9H,3H2,1-2H3,(H2,14,16,17). The molecule has 102 valence electrons. The Labute approximate surface area is 112 Å². The van der Waals surface area contributed by atoms with Crippen molar-refractivity contribution in [3.8, 4) is 17.0 Å². The molecule has 0 saturated carbocycles. The van der Waals surface area contributed by atoms with Gasteiger partial charge in [-0.2, -0.15) is 8.42 Å². The average molecular weight is 280 g/mol. The first-order chi connectivity index (χ1) is 8.91. The van der Waals surface area contributed by atoms with Crippen molar-refractivity contribution in [1.29, 1.82) is 0 Å². The van der Waals surface area contributed by atoms with Crippen molar-refractivity contribution in [2.24, 2.45) is 5.14 Å². The maximum absolute atomic E-state index is 11.5. The lowest BCUT2D eigenvalue weighted by molar-refractivity contribution is 0.340. The van der Waals surface area contributed by atoms with Crippen LogP contribution in [0.5, 0.6) is 5.75 Å². The summed E-state index contributed by atoms with van der Waals surface area (Å²) in [5.74, 6) is 0.747. The highest BCUT2D eigenvalue weighted by Gasteiger charge is 2.14. The van der Waals surface area contributed by atoms with Crippen LogP contribution in [0.15, 0.2) is 36.5 Å². The summed E-state index contributed by atoms with van der Waals surface area (Å²) in [5, 5.41) is 5.20. The number of hydrogen-bond acceptors (Lipinski definition) is 3. The molecule has 0 fully saturated rings. The van der Waals surface area contributed by atoms with Gasteiger partial charge in [0.2, 0.25) is 0 Å². The maximum atomic E-state index is 11.5. The van der Waals surface area contributed by atoms with Crippen LogP contribution in [0.4, 0.5) is 0 Å². The Morgan fingerprint density at radius 1 is 1.26 bits per heavy atom. The molecule has 0 unspecified atom stereocenters. The van der Waals surface area contributed by atoms with Gasteiger partial charge in [-0.15, -0.1) is 0 Å². The summed E-state index contributed by atoms with van der Waals surface area (Å²) in [5.41, 5.74) is 2.14. The van der Waals surface area contributed by atoms with Crippen molar-refractivity contribution >= 4 is 10.2 Å². The fourth-order valence-electron chi connectivity index (χ4n) is 1.88. The SMILES string of the molecule is CCOc1ccc(-c2cc(C)cn2S(N)(=O)=O)cc1. The van der Waals surface area contributed by atoms with Gasteiger partial charge in [-0.25, -0.2) is 9.11 Å². The van der Waals surface area contributed by atoms with Gasteiger partial charge in [0, 0.05) is 6.20 Å². The molecule has 2 N–H and O–H groups in total. The number of ether oxygens (including phenoxy) is 1. The molecule has 19 heavy (non-hydrogen) atoms. The first-order valence-corrected chi connectivity index (χ1v) is 7.37. The second kappa shape index (κ2) is 5.07. The summed E-state index contributed by atoms with van der Waals surface area (Å²) in [7, 11) is -3.80. The fraction of sp³-hybridized carbons (Fsp3) is 0.231. The van der Waals surface area contributed by atoms with E-state index in [0.29, 0.717) is 12.3 Å². The van der Waals surface area contributed by atoms with E-state index in [2.05, 4.69) is 0 Å². The first-order valence-electron chi connectivity index (χ1n) is 5.87. The molecule has 2 aromatic rings. The Hall–Kier alpha value is -1.79. The van der Waals surface area contributed by atoms with Gasteiger partial charge in [-0.3, -0.25) is 0 Å². The third-order valence-corrected chi connectivity index (χ3v) is 3.51. The molecule has 0 aliphatic heterocycles. The predicted molar refractivity (Wildman–Crippen MR) is 74.3 cm³/mol. The van der Waals surface area contributed by atoms with Crippen molar-refractivity contribution < 1.29 is 13.2 Å². The summed E-state index contributed by atoms with van der Waals surface area (Å²) in [6.45, 7) is 4.31. The van der Waals surface area contributed by atoms with Crippen molar-refractivity contribution in [1.82, 2.24) is 3.97 Å². The minimum atomic E-state index is -3.80. The van der Waals surface area contributed by atoms with Crippen molar-refractivity contribution in [2.45, 2.75) is 13.8 Å². The molecule has 0 aliphatic carbocycles. The van der Waals surface area contributed by atoms with Gasteiger partial charge >= 0.3 is 10.2 Å². The lowest BCUT2D eigenvalue weighted by Crippen LogP contribution is -2.21. The van der Waals surface area contributed by atoms with Gasteiger partial charge in [-0.05, 0) is 55.3 Å². The minimum absolute atomic E-state index is 0.544. The number of benzene rings is 1. The molecule has 1 heterocycles. The normalized spacial score (nSPS) is 11.5. The zero-order chi connectivity index (χ0) is 14.0. The summed E-state index contributed by atoms with van der Waals surface area (Å²) >= 11 is 0. The predicted octanol–water partition coefficient (Wildman–Crippen LogP) is 1.91. The number of nitrogens with zero attached hydrogens (tertiary/aromatic N) is 1. The smallest absolute Gasteiger partial charge is 0.302 e. The zero-order valence-electron chi connectivity index (χ0n) is 10.8. The molecule has 0 bridgehead atoms. The molecular formula is C13H16N2O3S. The monoisotopic (exact) mass is 280 g/mol. The Morgan fingerprint density at radius 3 is 2.42 bits per heavy atom. The molecule has 2 rings (SSSR count). The largest absolute Gasteiger partial charge is 0.494 e. The van der Waals surface area contributed by atoms with E-state index in [1.54, 1.807) is 30.3 Å². The molecular weight excluding hydrogens is 264 g/mol. The molecule has 0 amide bonds. The number of nitrogens with two attached hydrogens (primary N) is 1. The molecule has 0 aliphatic rings. The van der Waals surface area contributed by atoms with Crippen LogP contribution in [0.3, 0.4) is 0 Å². The van der Waals surface area contributed by atoms with Crippen LogP contribution >= 0.6 is 0 Å². The van der Waals surface area contributed by atoms with E-state index in [1.807, 2.05) is 13.8 Å². The van der Waals surface area contributed by atoms with Crippen LogP contribution < -0.4 is 9.88 Å². The first kappa shape index (κ1) is 13.6. The number of hydrogen-bond donors (Lipinski definition) is 1. The second-order valence-electron chi connectivity index (χ2n) is 4.20. The van der Waals surface area contributed by atoms with E-state index < -0.39 is 10.2 Å². The van der Waals surface area contributed by atoms with Gasteiger partial charge in [0.15, 0.2) is 0 Å². The van der Waals surface area contributed by atoms with E-state index in [0.717, 1.165) is 20.8 Å². The molecule has 0 spiro atoms. The van der Waals surface area contributed by atoms with E-state index in [1.165, 1.54) is 6.20 Å². The minimum Gasteiger partial charge on any atom is -0.494 e. The highest BCUT2D eigenvalue weighted by molar-refractivity contribution is 7.87. The summed E-state index contributed by atoms with van der Waals surface area (Å²) < 4.78 is 29.5. The molecule has 0 radical (unpaired) electrons. The second-order valence-corrected chi connectivity index (χ2v) is 5.62. The van der Waals surface area contributed by atoms with Crippen LogP contribution in [-0.4, -0.2) is 19.0 Å². The van der Waals surface area contributed by atoms with E-state index in [-0.39, 0.29) is 0 Å². The summed E-state index contributed by atoms with van der Waals surface area (Å²) in [6.07, 6.45) is 1.50. The zero-order valence-corrected chi connectivity index (χ0v) is 11.6. The highest BCUT2D eigenvalue weighted by atomic mass is 32.2. The van der Waals surface area contributed by atoms with Gasteiger partial charge in [-0.1, -0.05) is 0 Å². The lowest BCUT2D eigenvalue weighted by atomic mass is 10.1. The molecule has 1 aromatic heterocycles. The molecule has 0 atom stereocenters. The highest BCUT2D eigenvalue weighted by Crippen LogP contribution is 2.25. The molecule has 0 saturated heterocycles. The van der Waals surface area contributed by atoms with Crippen molar-refractivity contribution in [3.05, 3.63) is 42.1 Å². The summed E-state index contributed by atoms with van der Waals surface area (Å²) in [4.78, 5) is 0. The fourth-order valence-corrected chi connectivity index (χ4v) is 2.63. The van der Waals surface area contributed by atoms with E-state index in [4.69, 9.17) is 9.88 Å². The Bertz CT molecular complexity index is 672. The van der Waals surface area contributed by atoms with Crippen molar-refractivity contribution in [2.75, 3.05) is 6.61 Å². The summed E-state index contributed by atoms with van der Waals surface area (Å²) in [6, 6.07) is 8.99. The van der Waals surface area contributed by atoms with Gasteiger partial charge in [0.1, 0.15) is 5.75 Å². The van der Waals surface area contributed by atoms with Gasteiger partial charge in [0.05, 0.1) is 12.3 Å². The number of aryl methyl sites for hydroxylation is 1. The number of aromatic nitrogens is 1. The molecule has 5 nitrogen and oxygen atoms in total. The molecule has 6 heteroatoms. The maximum Gasteiger partial charge on any atom is 0.302 e. The van der Waals surface area contributed by atoms with Crippen LogP contribution in [0.2, 0.25) is 0 Å². The van der Waals surface area contributed by atoms with Gasteiger partial charge in [0.25, 0.3) is 0 Å². The van der Waals surface area contributed by atoms with Crippen LogP contribution in [-0.2, 0) is 10.2 Å². The van der Waals surface area contributed by atoms with Crippen LogP contribution in [0, 0.1) is 6.92 Å². The third-order valence-electron chi connectivity index (χ3n) is 2.66. The van der Waals surface area contributed by atoms with Crippen molar-refractivity contribution in [3.63, 3.8) is 0 Å². The van der Waals surface area contributed by atoms with Crippen LogP contribution in [0.25, 0.3) is 11.3 Å². The average Bonchev–Trinajstić information content (AvgIpc) is 2.73. The Morgan fingerprint density at radius 2 is 1.89 bits per heavy atom.